The zero-order valence-electron chi connectivity index (χ0n) is 8.66. The molecule has 1 saturated heterocycles. The van der Waals surface area contributed by atoms with Gasteiger partial charge in [0.05, 0.1) is 0 Å². The van der Waals surface area contributed by atoms with Crippen LogP contribution in [0.1, 0.15) is 33.6 Å². The first-order valence-corrected chi connectivity index (χ1v) is 5.02. The summed E-state index contributed by atoms with van der Waals surface area (Å²) in [4.78, 5) is 13.0. The lowest BCUT2D eigenvalue weighted by Crippen LogP contribution is -2.44. The first-order valence-electron chi connectivity index (χ1n) is 5.02. The number of hydrogen-bond donors (Lipinski definition) is 1. The van der Waals surface area contributed by atoms with E-state index < -0.39 is 5.97 Å². The van der Waals surface area contributed by atoms with E-state index >= 15 is 0 Å². The minimum atomic E-state index is -0.662. The number of carbonyl (C=O) groups is 1. The first-order chi connectivity index (χ1) is 6.04. The summed E-state index contributed by atoms with van der Waals surface area (Å²) in [7, 11) is 0. The molecule has 1 fully saturated rings. The van der Waals surface area contributed by atoms with Gasteiger partial charge in [0.15, 0.2) is 0 Å². The Bertz CT molecular complexity index is 191. The van der Waals surface area contributed by atoms with Crippen LogP contribution in [0.15, 0.2) is 0 Å². The molecule has 76 valence electrons. The van der Waals surface area contributed by atoms with Gasteiger partial charge in [-0.05, 0) is 32.2 Å². The molecule has 0 aromatic heterocycles. The van der Waals surface area contributed by atoms with Crippen LogP contribution in [-0.2, 0) is 4.79 Å². The first kappa shape index (κ1) is 10.5. The molecule has 1 rings (SSSR count). The van der Waals surface area contributed by atoms with Crippen LogP contribution in [0.25, 0.3) is 0 Å². The van der Waals surface area contributed by atoms with Crippen molar-refractivity contribution in [1.29, 1.82) is 0 Å². The number of rotatable bonds is 3. The summed E-state index contributed by atoms with van der Waals surface area (Å²) < 4.78 is 0. The molecule has 3 heteroatoms. The second-order valence-electron chi connectivity index (χ2n) is 4.22. The third-order valence-electron chi connectivity index (χ3n) is 3.07. The fourth-order valence-electron chi connectivity index (χ4n) is 1.92. The van der Waals surface area contributed by atoms with Crippen LogP contribution in [-0.4, -0.2) is 34.6 Å². The van der Waals surface area contributed by atoms with E-state index in [1.165, 1.54) is 0 Å². The van der Waals surface area contributed by atoms with Gasteiger partial charge in [0, 0.05) is 6.04 Å². The SMILES string of the molecule is CC(C)C(C)N1CCCC1C(=O)O. The number of nitrogens with zero attached hydrogens (tertiary/aromatic N) is 1. The highest BCUT2D eigenvalue weighted by atomic mass is 16.4. The average molecular weight is 185 g/mol. The Morgan fingerprint density at radius 1 is 1.46 bits per heavy atom. The Balaban J connectivity index is 2.62. The summed E-state index contributed by atoms with van der Waals surface area (Å²) >= 11 is 0. The summed E-state index contributed by atoms with van der Waals surface area (Å²) in [5, 5.41) is 8.97. The van der Waals surface area contributed by atoms with Crippen LogP contribution < -0.4 is 0 Å². The normalized spacial score (nSPS) is 26.6. The fourth-order valence-corrected chi connectivity index (χ4v) is 1.92. The molecular formula is C10H19NO2. The molecule has 0 amide bonds. The number of aliphatic carboxylic acids is 1. The highest BCUT2D eigenvalue weighted by molar-refractivity contribution is 5.73. The van der Waals surface area contributed by atoms with Gasteiger partial charge in [0.1, 0.15) is 6.04 Å². The van der Waals surface area contributed by atoms with E-state index in [2.05, 4.69) is 25.7 Å². The zero-order chi connectivity index (χ0) is 10.0. The topological polar surface area (TPSA) is 40.5 Å². The molecule has 0 radical (unpaired) electrons. The molecule has 2 atom stereocenters. The molecule has 3 nitrogen and oxygen atoms in total. The third kappa shape index (κ3) is 2.21. The Kier molecular flexibility index (Phi) is 3.31. The maximum atomic E-state index is 10.9. The van der Waals surface area contributed by atoms with Gasteiger partial charge in [-0.1, -0.05) is 13.8 Å². The minimum absolute atomic E-state index is 0.239. The molecule has 0 bridgehead atoms. The van der Waals surface area contributed by atoms with Gasteiger partial charge in [-0.15, -0.1) is 0 Å². The van der Waals surface area contributed by atoms with Gasteiger partial charge in [0.25, 0.3) is 0 Å². The van der Waals surface area contributed by atoms with E-state index in [9.17, 15) is 4.79 Å². The lowest BCUT2D eigenvalue weighted by molar-refractivity contribution is -0.143. The van der Waals surface area contributed by atoms with Crippen molar-refractivity contribution in [2.24, 2.45) is 5.92 Å². The molecular weight excluding hydrogens is 166 g/mol. The summed E-state index contributed by atoms with van der Waals surface area (Å²) in [6, 6.07) is 0.140. The molecule has 0 aliphatic carbocycles. The number of hydrogen-bond acceptors (Lipinski definition) is 2. The second-order valence-corrected chi connectivity index (χ2v) is 4.22. The fraction of sp³-hybridized carbons (Fsp3) is 0.900. The van der Waals surface area contributed by atoms with E-state index in [0.717, 1.165) is 19.4 Å². The lowest BCUT2D eigenvalue weighted by atomic mass is 10.0. The number of carboxylic acid groups (broad SMARTS) is 1. The molecule has 1 aliphatic heterocycles. The van der Waals surface area contributed by atoms with E-state index in [1.54, 1.807) is 0 Å². The molecule has 0 aromatic rings. The predicted molar refractivity (Wildman–Crippen MR) is 51.7 cm³/mol. The number of carboxylic acids is 1. The Labute approximate surface area is 79.7 Å². The van der Waals surface area contributed by atoms with Crippen LogP contribution >= 0.6 is 0 Å². The molecule has 1 heterocycles. The van der Waals surface area contributed by atoms with Gasteiger partial charge >= 0.3 is 5.97 Å². The van der Waals surface area contributed by atoms with Crippen LogP contribution in [0, 0.1) is 5.92 Å². The second kappa shape index (κ2) is 4.09. The average Bonchev–Trinajstić information content (AvgIpc) is 2.50. The molecule has 0 spiro atoms. The summed E-state index contributed by atoms with van der Waals surface area (Å²) in [6.07, 6.45) is 1.83. The predicted octanol–water partition coefficient (Wildman–Crippen LogP) is 1.58. The standard InChI is InChI=1S/C10H19NO2/c1-7(2)8(3)11-6-4-5-9(11)10(12)13/h7-9H,4-6H2,1-3H3,(H,12,13). The Morgan fingerprint density at radius 3 is 2.54 bits per heavy atom. The van der Waals surface area contributed by atoms with Crippen molar-refractivity contribution < 1.29 is 9.90 Å². The monoisotopic (exact) mass is 185 g/mol. The van der Waals surface area contributed by atoms with Crippen molar-refractivity contribution >= 4 is 5.97 Å². The van der Waals surface area contributed by atoms with E-state index in [-0.39, 0.29) is 6.04 Å². The maximum absolute atomic E-state index is 10.9. The maximum Gasteiger partial charge on any atom is 0.320 e. The zero-order valence-corrected chi connectivity index (χ0v) is 8.66. The third-order valence-corrected chi connectivity index (χ3v) is 3.07. The van der Waals surface area contributed by atoms with Crippen molar-refractivity contribution in [3.63, 3.8) is 0 Å². The molecule has 1 aliphatic rings. The minimum Gasteiger partial charge on any atom is -0.480 e. The summed E-state index contributed by atoms with van der Waals surface area (Å²) in [5.41, 5.74) is 0. The summed E-state index contributed by atoms with van der Waals surface area (Å²) in [5.74, 6) is -0.134. The van der Waals surface area contributed by atoms with E-state index in [0.29, 0.717) is 12.0 Å². The molecule has 2 unspecified atom stereocenters. The lowest BCUT2D eigenvalue weighted by Gasteiger charge is -2.30. The largest absolute Gasteiger partial charge is 0.480 e. The van der Waals surface area contributed by atoms with E-state index in [4.69, 9.17) is 5.11 Å². The van der Waals surface area contributed by atoms with Crippen molar-refractivity contribution in [2.75, 3.05) is 6.54 Å². The molecule has 1 N–H and O–H groups in total. The smallest absolute Gasteiger partial charge is 0.320 e. The Hall–Kier alpha value is -0.570. The van der Waals surface area contributed by atoms with Gasteiger partial charge in [0.2, 0.25) is 0 Å². The van der Waals surface area contributed by atoms with Gasteiger partial charge in [-0.3, -0.25) is 9.69 Å². The number of likely N-dealkylation sites (tertiary alicyclic amines) is 1. The van der Waals surface area contributed by atoms with Gasteiger partial charge in [-0.25, -0.2) is 0 Å². The van der Waals surface area contributed by atoms with Crippen LogP contribution in [0.5, 0.6) is 0 Å². The molecule has 13 heavy (non-hydrogen) atoms. The van der Waals surface area contributed by atoms with E-state index in [1.807, 2.05) is 0 Å². The Morgan fingerprint density at radius 2 is 2.08 bits per heavy atom. The highest BCUT2D eigenvalue weighted by Crippen LogP contribution is 2.23. The van der Waals surface area contributed by atoms with Crippen LogP contribution in [0.3, 0.4) is 0 Å². The molecule has 0 aromatic carbocycles. The van der Waals surface area contributed by atoms with Crippen molar-refractivity contribution in [3.05, 3.63) is 0 Å². The van der Waals surface area contributed by atoms with Crippen molar-refractivity contribution in [1.82, 2.24) is 4.90 Å². The highest BCUT2D eigenvalue weighted by Gasteiger charge is 2.34. The van der Waals surface area contributed by atoms with Crippen molar-refractivity contribution in [2.45, 2.75) is 45.7 Å². The van der Waals surface area contributed by atoms with Crippen LogP contribution in [0.4, 0.5) is 0 Å². The quantitative estimate of drug-likeness (QED) is 0.725. The van der Waals surface area contributed by atoms with Gasteiger partial charge < -0.3 is 5.11 Å². The van der Waals surface area contributed by atoms with Crippen LogP contribution in [0.2, 0.25) is 0 Å². The van der Waals surface area contributed by atoms with Crippen molar-refractivity contribution in [3.8, 4) is 0 Å². The van der Waals surface area contributed by atoms with Gasteiger partial charge in [-0.2, -0.15) is 0 Å². The summed E-state index contributed by atoms with van der Waals surface area (Å²) in [6.45, 7) is 7.34. The molecule has 0 saturated carbocycles.